The molecule has 26 heavy (non-hydrogen) atoms. The SMILES string of the molecule is CC(CC(C#N)NCc1ccccc1)CN1C(=O)c2ccccc2C1=O. The van der Waals surface area contributed by atoms with Gasteiger partial charge in [-0.15, -0.1) is 0 Å². The van der Waals surface area contributed by atoms with Gasteiger partial charge in [0, 0.05) is 13.1 Å². The van der Waals surface area contributed by atoms with E-state index in [-0.39, 0.29) is 23.8 Å². The maximum absolute atomic E-state index is 12.4. The summed E-state index contributed by atoms with van der Waals surface area (Å²) in [7, 11) is 0. The van der Waals surface area contributed by atoms with Gasteiger partial charge in [-0.3, -0.25) is 19.8 Å². The van der Waals surface area contributed by atoms with Crippen molar-refractivity contribution in [3.05, 3.63) is 71.3 Å². The van der Waals surface area contributed by atoms with Crippen LogP contribution in [0.1, 0.15) is 39.6 Å². The fourth-order valence-corrected chi connectivity index (χ4v) is 3.21. The van der Waals surface area contributed by atoms with Gasteiger partial charge in [0.05, 0.1) is 23.2 Å². The molecule has 3 rings (SSSR count). The Labute approximate surface area is 153 Å². The molecule has 1 heterocycles. The molecule has 2 atom stereocenters. The number of nitrogens with zero attached hydrogens (tertiary/aromatic N) is 2. The third-order valence-electron chi connectivity index (χ3n) is 4.56. The average molecular weight is 347 g/mol. The molecule has 1 N–H and O–H groups in total. The molecule has 5 nitrogen and oxygen atoms in total. The molecule has 0 saturated heterocycles. The molecular weight excluding hydrogens is 326 g/mol. The second-order valence-corrected chi connectivity index (χ2v) is 6.66. The molecule has 132 valence electrons. The average Bonchev–Trinajstić information content (AvgIpc) is 2.91. The van der Waals surface area contributed by atoms with Crippen molar-refractivity contribution in [2.45, 2.75) is 25.9 Å². The summed E-state index contributed by atoms with van der Waals surface area (Å²) in [6.07, 6.45) is 0.566. The van der Waals surface area contributed by atoms with Gasteiger partial charge in [0.2, 0.25) is 0 Å². The summed E-state index contributed by atoms with van der Waals surface area (Å²) in [6.45, 7) is 2.88. The van der Waals surface area contributed by atoms with E-state index in [9.17, 15) is 14.9 Å². The van der Waals surface area contributed by atoms with Gasteiger partial charge in [0.1, 0.15) is 0 Å². The van der Waals surface area contributed by atoms with E-state index in [2.05, 4.69) is 11.4 Å². The van der Waals surface area contributed by atoms with Crippen LogP contribution in [0.4, 0.5) is 0 Å². The number of fused-ring (bicyclic) bond motifs is 1. The summed E-state index contributed by atoms with van der Waals surface area (Å²) >= 11 is 0. The van der Waals surface area contributed by atoms with E-state index < -0.39 is 0 Å². The monoisotopic (exact) mass is 347 g/mol. The van der Waals surface area contributed by atoms with Crippen molar-refractivity contribution in [3.63, 3.8) is 0 Å². The summed E-state index contributed by atoms with van der Waals surface area (Å²) in [4.78, 5) is 26.2. The molecular formula is C21H21N3O2. The Bertz CT molecular complexity index is 807. The van der Waals surface area contributed by atoms with Gasteiger partial charge in [-0.2, -0.15) is 5.26 Å². The van der Waals surface area contributed by atoms with E-state index >= 15 is 0 Å². The van der Waals surface area contributed by atoms with Crippen molar-refractivity contribution in [1.29, 1.82) is 5.26 Å². The number of imide groups is 1. The highest BCUT2D eigenvalue weighted by atomic mass is 16.2. The van der Waals surface area contributed by atoms with Crippen LogP contribution in [0.5, 0.6) is 0 Å². The Morgan fingerprint density at radius 1 is 1.00 bits per heavy atom. The fraction of sp³-hybridized carbons (Fsp3) is 0.286. The molecule has 0 spiro atoms. The van der Waals surface area contributed by atoms with E-state index in [1.165, 1.54) is 4.90 Å². The highest BCUT2D eigenvalue weighted by Crippen LogP contribution is 2.24. The zero-order valence-electron chi connectivity index (χ0n) is 14.7. The van der Waals surface area contributed by atoms with Gasteiger partial charge in [0.25, 0.3) is 11.8 Å². The van der Waals surface area contributed by atoms with Gasteiger partial charge < -0.3 is 0 Å². The van der Waals surface area contributed by atoms with Gasteiger partial charge in [0.15, 0.2) is 0 Å². The second kappa shape index (κ2) is 7.94. The lowest BCUT2D eigenvalue weighted by molar-refractivity contribution is 0.0629. The lowest BCUT2D eigenvalue weighted by atomic mass is 10.0. The van der Waals surface area contributed by atoms with Crippen molar-refractivity contribution in [3.8, 4) is 6.07 Å². The number of hydrogen-bond donors (Lipinski definition) is 1. The zero-order valence-corrected chi connectivity index (χ0v) is 14.7. The van der Waals surface area contributed by atoms with E-state index in [4.69, 9.17) is 0 Å². The van der Waals surface area contributed by atoms with E-state index in [0.717, 1.165) is 5.56 Å². The molecule has 0 aromatic heterocycles. The molecule has 2 aromatic rings. The highest BCUT2D eigenvalue weighted by molar-refractivity contribution is 6.21. The van der Waals surface area contributed by atoms with Gasteiger partial charge in [-0.25, -0.2) is 0 Å². The van der Waals surface area contributed by atoms with Crippen molar-refractivity contribution in [2.24, 2.45) is 5.92 Å². The predicted octanol–water partition coefficient (Wildman–Crippen LogP) is 2.99. The smallest absolute Gasteiger partial charge is 0.261 e. The van der Waals surface area contributed by atoms with Crippen molar-refractivity contribution in [1.82, 2.24) is 10.2 Å². The number of amides is 2. The van der Waals surface area contributed by atoms with Crippen LogP contribution in [0.2, 0.25) is 0 Å². The lowest BCUT2D eigenvalue weighted by Crippen LogP contribution is -2.36. The minimum absolute atomic E-state index is 0.0186. The quantitative estimate of drug-likeness (QED) is 0.782. The normalized spacial score (nSPS) is 15.5. The molecule has 0 saturated carbocycles. The van der Waals surface area contributed by atoms with Crippen LogP contribution in [0, 0.1) is 17.2 Å². The first-order valence-corrected chi connectivity index (χ1v) is 8.72. The standard InChI is InChI=1S/C21H21N3O2/c1-15(11-17(12-22)23-13-16-7-3-2-4-8-16)14-24-20(25)18-9-5-6-10-19(18)21(24)26/h2-10,15,17,23H,11,13-14H2,1H3. The topological polar surface area (TPSA) is 73.2 Å². The van der Waals surface area contributed by atoms with Crippen molar-refractivity contribution >= 4 is 11.8 Å². The fourth-order valence-electron chi connectivity index (χ4n) is 3.21. The maximum atomic E-state index is 12.4. The molecule has 2 aromatic carbocycles. The van der Waals surface area contributed by atoms with Crippen LogP contribution in [-0.4, -0.2) is 29.3 Å². The van der Waals surface area contributed by atoms with Crippen LogP contribution in [0.15, 0.2) is 54.6 Å². The number of benzene rings is 2. The predicted molar refractivity (Wildman–Crippen MR) is 98.3 cm³/mol. The molecule has 1 aliphatic rings. The van der Waals surface area contributed by atoms with Crippen molar-refractivity contribution in [2.75, 3.05) is 6.54 Å². The molecule has 2 amide bonds. The molecule has 5 heteroatoms. The molecule has 0 bridgehead atoms. The molecule has 2 unspecified atom stereocenters. The zero-order chi connectivity index (χ0) is 18.5. The van der Waals surface area contributed by atoms with Crippen LogP contribution in [-0.2, 0) is 6.54 Å². The number of hydrogen-bond acceptors (Lipinski definition) is 4. The van der Waals surface area contributed by atoms with Gasteiger partial charge in [-0.05, 0) is 30.0 Å². The van der Waals surface area contributed by atoms with Gasteiger partial charge >= 0.3 is 0 Å². The summed E-state index contributed by atoms with van der Waals surface area (Å²) in [5.41, 5.74) is 2.04. The Morgan fingerprint density at radius 2 is 1.58 bits per heavy atom. The second-order valence-electron chi connectivity index (χ2n) is 6.66. The van der Waals surface area contributed by atoms with E-state index in [1.807, 2.05) is 37.3 Å². The number of nitriles is 1. The number of carbonyl (C=O) groups is 2. The minimum atomic E-state index is -0.333. The minimum Gasteiger partial charge on any atom is -0.298 e. The Hall–Kier alpha value is -2.97. The van der Waals surface area contributed by atoms with E-state index in [1.54, 1.807) is 24.3 Å². The van der Waals surface area contributed by atoms with Gasteiger partial charge in [-0.1, -0.05) is 49.4 Å². The first-order valence-electron chi connectivity index (χ1n) is 8.72. The Morgan fingerprint density at radius 3 is 2.15 bits per heavy atom. The summed E-state index contributed by atoms with van der Waals surface area (Å²) in [6, 6.07) is 18.7. The molecule has 1 aliphatic heterocycles. The van der Waals surface area contributed by atoms with E-state index in [0.29, 0.717) is 30.6 Å². The Kier molecular flexibility index (Phi) is 5.45. The van der Waals surface area contributed by atoms with Crippen molar-refractivity contribution < 1.29 is 9.59 Å². The summed E-state index contributed by atoms with van der Waals surface area (Å²) in [5.74, 6) is -0.475. The Balaban J connectivity index is 1.56. The summed E-state index contributed by atoms with van der Waals surface area (Å²) in [5, 5.41) is 12.6. The first kappa shape index (κ1) is 17.8. The summed E-state index contributed by atoms with van der Waals surface area (Å²) < 4.78 is 0. The number of rotatable bonds is 7. The van der Waals surface area contributed by atoms with Crippen LogP contribution >= 0.6 is 0 Å². The molecule has 0 radical (unpaired) electrons. The first-order chi connectivity index (χ1) is 12.6. The van der Waals surface area contributed by atoms with Crippen LogP contribution in [0.25, 0.3) is 0 Å². The largest absolute Gasteiger partial charge is 0.298 e. The van der Waals surface area contributed by atoms with Crippen LogP contribution < -0.4 is 5.32 Å². The molecule has 0 fully saturated rings. The lowest BCUT2D eigenvalue weighted by Gasteiger charge is -2.21. The third-order valence-corrected chi connectivity index (χ3v) is 4.56. The number of carbonyl (C=O) groups excluding carboxylic acids is 2. The number of nitrogens with one attached hydrogen (secondary N) is 1. The highest BCUT2D eigenvalue weighted by Gasteiger charge is 2.35. The third kappa shape index (κ3) is 3.81. The maximum Gasteiger partial charge on any atom is 0.261 e. The molecule has 0 aliphatic carbocycles. The van der Waals surface area contributed by atoms with Crippen LogP contribution in [0.3, 0.4) is 0 Å².